The first-order valence-corrected chi connectivity index (χ1v) is 11.2. The summed E-state index contributed by atoms with van der Waals surface area (Å²) in [7, 11) is 0. The molecule has 0 radical (unpaired) electrons. The molecule has 9 heteroatoms. The topological polar surface area (TPSA) is 122 Å². The molecule has 0 aromatic heterocycles. The van der Waals surface area contributed by atoms with Crippen molar-refractivity contribution in [3.05, 3.63) is 28.3 Å². The van der Waals surface area contributed by atoms with Crippen molar-refractivity contribution in [3.8, 4) is 0 Å². The van der Waals surface area contributed by atoms with Crippen molar-refractivity contribution in [2.24, 2.45) is 17.6 Å². The van der Waals surface area contributed by atoms with E-state index in [0.717, 1.165) is 31.2 Å². The average Bonchev–Trinajstić information content (AvgIpc) is 3.43. The van der Waals surface area contributed by atoms with Gasteiger partial charge in [-0.1, -0.05) is 30.5 Å². The smallest absolute Gasteiger partial charge is 0.250 e. The van der Waals surface area contributed by atoms with E-state index < -0.39 is 29.3 Å². The van der Waals surface area contributed by atoms with Crippen LogP contribution in [0.25, 0.3) is 0 Å². The van der Waals surface area contributed by atoms with Crippen molar-refractivity contribution in [3.63, 3.8) is 0 Å². The molecule has 31 heavy (non-hydrogen) atoms. The van der Waals surface area contributed by atoms with Crippen LogP contribution in [0.1, 0.15) is 49.7 Å². The van der Waals surface area contributed by atoms with E-state index in [1.807, 2.05) is 13.0 Å². The van der Waals surface area contributed by atoms with Crippen molar-refractivity contribution in [1.82, 2.24) is 10.2 Å². The molecule has 4 amide bonds. The van der Waals surface area contributed by atoms with Gasteiger partial charge in [-0.3, -0.25) is 29.4 Å². The number of rotatable bonds is 4. The number of anilines is 1. The molecule has 5 rings (SSSR count). The third kappa shape index (κ3) is 2.77. The first-order valence-electron chi connectivity index (χ1n) is 10.8. The van der Waals surface area contributed by atoms with Crippen LogP contribution in [0.15, 0.2) is 12.1 Å². The van der Waals surface area contributed by atoms with Crippen LogP contribution in [0, 0.1) is 18.8 Å². The molecule has 0 bridgehead atoms. The van der Waals surface area contributed by atoms with Crippen LogP contribution in [-0.4, -0.2) is 40.6 Å². The van der Waals surface area contributed by atoms with Gasteiger partial charge < -0.3 is 11.1 Å². The number of nitrogens with zero attached hydrogens (tertiary/aromatic N) is 1. The lowest BCUT2D eigenvalue weighted by molar-refractivity contribution is -0.145. The van der Waals surface area contributed by atoms with Gasteiger partial charge in [-0.2, -0.15) is 0 Å². The highest BCUT2D eigenvalue weighted by atomic mass is 35.5. The van der Waals surface area contributed by atoms with Crippen LogP contribution >= 0.6 is 11.6 Å². The summed E-state index contributed by atoms with van der Waals surface area (Å²) in [6, 6.07) is 2.96. The van der Waals surface area contributed by atoms with Crippen molar-refractivity contribution < 1.29 is 19.2 Å². The summed E-state index contributed by atoms with van der Waals surface area (Å²) in [5, 5.41) is 6.54. The van der Waals surface area contributed by atoms with Crippen LogP contribution in [-0.2, 0) is 24.7 Å². The molecule has 1 saturated carbocycles. The molecular formula is C22H25ClN4O4. The van der Waals surface area contributed by atoms with Crippen LogP contribution in [0.2, 0.25) is 5.02 Å². The van der Waals surface area contributed by atoms with Gasteiger partial charge >= 0.3 is 0 Å². The molecule has 4 atom stereocenters. The number of carbonyl (C=O) groups excluding carboxylic acids is 4. The van der Waals surface area contributed by atoms with E-state index in [4.69, 9.17) is 17.3 Å². The van der Waals surface area contributed by atoms with E-state index >= 15 is 0 Å². The SMILES string of the molecule is Cc1cc(Cl)c2c(c1)[C@]1(N[C@@H](CCC(N)=O)[C@H]3C(=O)N(C4CCCC4)C(=O)[C@H]31)C(=O)N2. The average molecular weight is 445 g/mol. The molecule has 3 heterocycles. The Balaban J connectivity index is 1.64. The molecule has 1 aliphatic carbocycles. The summed E-state index contributed by atoms with van der Waals surface area (Å²) in [5.74, 6) is -3.03. The number of halogens is 1. The Morgan fingerprint density at radius 1 is 1.23 bits per heavy atom. The Labute approximate surface area is 184 Å². The van der Waals surface area contributed by atoms with Gasteiger partial charge in [0.1, 0.15) is 5.54 Å². The monoisotopic (exact) mass is 444 g/mol. The molecule has 3 aliphatic heterocycles. The van der Waals surface area contributed by atoms with Crippen molar-refractivity contribution in [2.45, 2.75) is 63.1 Å². The molecule has 8 nitrogen and oxygen atoms in total. The largest absolute Gasteiger partial charge is 0.370 e. The maximum absolute atomic E-state index is 13.7. The summed E-state index contributed by atoms with van der Waals surface area (Å²) in [5.41, 5.74) is 5.88. The van der Waals surface area contributed by atoms with Gasteiger partial charge in [0, 0.05) is 24.1 Å². The first-order chi connectivity index (χ1) is 14.8. The van der Waals surface area contributed by atoms with Crippen molar-refractivity contribution >= 4 is 40.9 Å². The Bertz CT molecular complexity index is 1020. The number of imide groups is 1. The minimum Gasteiger partial charge on any atom is -0.370 e. The molecule has 0 unspecified atom stereocenters. The van der Waals surface area contributed by atoms with Gasteiger partial charge in [-0.15, -0.1) is 0 Å². The number of aryl methyl sites for hydroxylation is 1. The lowest BCUT2D eigenvalue weighted by Crippen LogP contribution is -2.54. The van der Waals surface area contributed by atoms with E-state index in [0.29, 0.717) is 16.3 Å². The van der Waals surface area contributed by atoms with Crippen LogP contribution in [0.4, 0.5) is 5.69 Å². The highest BCUT2D eigenvalue weighted by molar-refractivity contribution is 6.35. The number of carbonyl (C=O) groups is 4. The lowest BCUT2D eigenvalue weighted by Gasteiger charge is -2.31. The van der Waals surface area contributed by atoms with Gasteiger partial charge in [-0.25, -0.2) is 0 Å². The van der Waals surface area contributed by atoms with Gasteiger partial charge in [0.2, 0.25) is 23.6 Å². The van der Waals surface area contributed by atoms with Crippen LogP contribution in [0.3, 0.4) is 0 Å². The molecule has 4 aliphatic rings. The second-order valence-corrected chi connectivity index (χ2v) is 9.58. The van der Waals surface area contributed by atoms with E-state index in [2.05, 4.69) is 10.6 Å². The summed E-state index contributed by atoms with van der Waals surface area (Å²) in [6.45, 7) is 1.87. The van der Waals surface area contributed by atoms with E-state index in [1.54, 1.807) is 6.07 Å². The fourth-order valence-corrected chi connectivity index (χ4v) is 6.41. The van der Waals surface area contributed by atoms with Gasteiger partial charge in [0.25, 0.3) is 0 Å². The minimum atomic E-state index is -1.39. The van der Waals surface area contributed by atoms with Crippen LogP contribution in [0.5, 0.6) is 0 Å². The molecular weight excluding hydrogens is 420 g/mol. The molecule has 164 valence electrons. The van der Waals surface area contributed by atoms with Gasteiger partial charge in [0.05, 0.1) is 22.5 Å². The number of primary amides is 1. The zero-order chi connectivity index (χ0) is 22.1. The predicted molar refractivity (Wildman–Crippen MR) is 113 cm³/mol. The fourth-order valence-electron chi connectivity index (χ4n) is 6.08. The standard InChI is InChI=1S/C22H25ClN4O4/c1-10-8-12-18(13(23)9-10)25-21(31)22(12)17-16(14(26-22)6-7-15(24)28)19(29)27(20(17)30)11-4-2-3-5-11/h8-9,11,14,16-17,26H,2-7H2,1H3,(H2,24,28)(H,25,31)/t14-,16+,17-,22+/m0/s1. The minimum absolute atomic E-state index is 0.0604. The number of hydrogen-bond acceptors (Lipinski definition) is 5. The number of hydrogen-bond donors (Lipinski definition) is 3. The van der Waals surface area contributed by atoms with Gasteiger partial charge in [-0.05, 0) is 37.8 Å². The van der Waals surface area contributed by atoms with Crippen LogP contribution < -0.4 is 16.4 Å². The maximum Gasteiger partial charge on any atom is 0.250 e. The molecule has 2 saturated heterocycles. The summed E-state index contributed by atoms with van der Waals surface area (Å²) in [6.07, 6.45) is 3.87. The number of nitrogens with two attached hydrogens (primary N) is 1. The van der Waals surface area contributed by atoms with Crippen molar-refractivity contribution in [1.29, 1.82) is 0 Å². The Kier molecular flexibility index (Phi) is 4.64. The lowest BCUT2D eigenvalue weighted by atomic mass is 9.76. The summed E-state index contributed by atoms with van der Waals surface area (Å²) < 4.78 is 0. The molecule has 1 aromatic rings. The summed E-state index contributed by atoms with van der Waals surface area (Å²) in [4.78, 5) is 53.5. The summed E-state index contributed by atoms with van der Waals surface area (Å²) >= 11 is 6.42. The Morgan fingerprint density at radius 3 is 2.61 bits per heavy atom. The molecule has 1 spiro atoms. The number of amides is 4. The number of fused-ring (bicyclic) bond motifs is 4. The highest BCUT2D eigenvalue weighted by Gasteiger charge is 2.71. The zero-order valence-corrected chi connectivity index (χ0v) is 18.0. The highest BCUT2D eigenvalue weighted by Crippen LogP contribution is 2.55. The maximum atomic E-state index is 13.7. The second kappa shape index (κ2) is 7.03. The second-order valence-electron chi connectivity index (χ2n) is 9.18. The molecule has 3 fully saturated rings. The number of benzene rings is 1. The molecule has 4 N–H and O–H groups in total. The van der Waals surface area contributed by atoms with E-state index in [9.17, 15) is 19.2 Å². The normalized spacial score (nSPS) is 32.1. The van der Waals surface area contributed by atoms with Gasteiger partial charge in [0.15, 0.2) is 0 Å². The third-order valence-corrected chi connectivity index (χ3v) is 7.64. The fraction of sp³-hybridized carbons (Fsp3) is 0.545. The number of likely N-dealkylation sites (tertiary alicyclic amines) is 1. The Morgan fingerprint density at radius 2 is 1.94 bits per heavy atom. The third-order valence-electron chi connectivity index (χ3n) is 7.35. The number of nitrogens with one attached hydrogen (secondary N) is 2. The van der Waals surface area contributed by atoms with E-state index in [-0.39, 0.29) is 36.6 Å². The predicted octanol–water partition coefficient (Wildman–Crippen LogP) is 1.58. The first kappa shape index (κ1) is 20.5. The van der Waals surface area contributed by atoms with Crippen molar-refractivity contribution in [2.75, 3.05) is 5.32 Å². The van der Waals surface area contributed by atoms with E-state index in [1.165, 1.54) is 4.90 Å². The molecule has 1 aromatic carbocycles. The quantitative estimate of drug-likeness (QED) is 0.608. The zero-order valence-electron chi connectivity index (χ0n) is 17.2. The Hall–Kier alpha value is -2.45.